The number of benzene rings is 3. The van der Waals surface area contributed by atoms with Crippen LogP contribution in [0.25, 0.3) is 0 Å². The second kappa shape index (κ2) is 13.8. The third-order valence-corrected chi connectivity index (χ3v) is 8.17. The van der Waals surface area contributed by atoms with E-state index in [-0.39, 0.29) is 34.6 Å². The maximum Gasteiger partial charge on any atom is 0.339 e. The van der Waals surface area contributed by atoms with Crippen LogP contribution in [-0.2, 0) is 19.1 Å². The van der Waals surface area contributed by atoms with E-state index < -0.39 is 35.0 Å². The molecule has 0 amide bonds. The van der Waals surface area contributed by atoms with Crippen molar-refractivity contribution in [2.45, 2.75) is 63.7 Å². The van der Waals surface area contributed by atoms with Crippen LogP contribution in [0.15, 0.2) is 108 Å². The quantitative estimate of drug-likeness (QED) is 0.170. The summed E-state index contributed by atoms with van der Waals surface area (Å²) in [6.07, 6.45) is 0.417. The number of nitrogens with two attached hydrogens (primary N) is 1. The largest absolute Gasteiger partial charge is 0.460 e. The number of non-ortho nitro benzene ring substituents is 1. The minimum absolute atomic E-state index is 0.00269. The molecule has 10 heteroatoms. The number of ether oxygens (including phenoxy) is 2. The van der Waals surface area contributed by atoms with Gasteiger partial charge in [-0.1, -0.05) is 72.8 Å². The second-order valence-electron chi connectivity index (χ2n) is 11.6. The molecule has 3 aromatic rings. The monoisotopic (exact) mass is 610 g/mol. The minimum Gasteiger partial charge on any atom is -0.460 e. The van der Waals surface area contributed by atoms with E-state index in [1.54, 1.807) is 26.8 Å². The Hall–Kier alpha value is -4.96. The van der Waals surface area contributed by atoms with Gasteiger partial charge in [-0.15, -0.1) is 0 Å². The van der Waals surface area contributed by atoms with E-state index in [1.165, 1.54) is 18.2 Å². The van der Waals surface area contributed by atoms with Crippen LogP contribution in [0, 0.1) is 10.1 Å². The molecule has 3 atom stereocenters. The van der Waals surface area contributed by atoms with Gasteiger partial charge >= 0.3 is 11.9 Å². The summed E-state index contributed by atoms with van der Waals surface area (Å²) in [5.74, 6) is -2.53. The van der Waals surface area contributed by atoms with E-state index in [2.05, 4.69) is 34.9 Å². The van der Waals surface area contributed by atoms with Crippen molar-refractivity contribution >= 4 is 17.6 Å². The zero-order chi connectivity index (χ0) is 32.1. The molecule has 2 aliphatic rings. The third kappa shape index (κ3) is 6.91. The summed E-state index contributed by atoms with van der Waals surface area (Å²) in [4.78, 5) is 38.9. The lowest BCUT2D eigenvalue weighted by atomic mass is 9.79. The Morgan fingerprint density at radius 3 is 2.18 bits per heavy atom. The van der Waals surface area contributed by atoms with Crippen molar-refractivity contribution in [1.29, 1.82) is 0 Å². The summed E-state index contributed by atoms with van der Waals surface area (Å²) in [7, 11) is 0. The highest BCUT2D eigenvalue weighted by Gasteiger charge is 2.42. The minimum atomic E-state index is -1.06. The van der Waals surface area contributed by atoms with Crippen LogP contribution >= 0.6 is 0 Å². The highest BCUT2D eigenvalue weighted by atomic mass is 16.6. The van der Waals surface area contributed by atoms with Gasteiger partial charge in [0.05, 0.1) is 34.1 Å². The number of nitro groups is 1. The predicted molar refractivity (Wildman–Crippen MR) is 170 cm³/mol. The number of dihydropyridines is 1. The summed E-state index contributed by atoms with van der Waals surface area (Å²) in [5, 5.41) is 18.3. The maximum absolute atomic E-state index is 14.3. The Bertz CT molecular complexity index is 1580. The Kier molecular flexibility index (Phi) is 9.63. The molecule has 0 aliphatic carbocycles. The molecule has 5 rings (SSSR count). The fraction of sp³-hybridized carbons (Fsp3) is 0.314. The summed E-state index contributed by atoms with van der Waals surface area (Å²) >= 11 is 0. The van der Waals surface area contributed by atoms with Gasteiger partial charge in [-0.2, -0.15) is 0 Å². The van der Waals surface area contributed by atoms with E-state index in [0.717, 1.165) is 24.1 Å². The van der Waals surface area contributed by atoms with E-state index in [0.29, 0.717) is 17.7 Å². The molecule has 234 valence electrons. The van der Waals surface area contributed by atoms with Crippen molar-refractivity contribution in [2.24, 2.45) is 5.73 Å². The fourth-order valence-electron chi connectivity index (χ4n) is 6.26. The standard InChI is InChI=1S/C35H38N4O6/c1-21(2)44-34(40)28-22(3)38-33(36)31(30(28)25-16-10-17-26(20-25)39(42)43)35(41)45-27-18-11-19-37-32(27)29(23-12-6-4-7-13-23)24-14-8-5-9-15-24/h4-10,12-17,20-21,27,29-30,32,37-38H,11,18-19,36H2,1-3H3. The molecule has 45 heavy (non-hydrogen) atoms. The lowest BCUT2D eigenvalue weighted by Crippen LogP contribution is -2.51. The smallest absolute Gasteiger partial charge is 0.339 e. The molecule has 0 spiro atoms. The van der Waals surface area contributed by atoms with E-state index in [1.807, 2.05) is 36.4 Å². The number of rotatable bonds is 9. The van der Waals surface area contributed by atoms with E-state index in [4.69, 9.17) is 15.2 Å². The Morgan fingerprint density at radius 1 is 0.933 bits per heavy atom. The molecular formula is C35H38N4O6. The molecule has 0 saturated carbocycles. The molecule has 2 aliphatic heterocycles. The number of esters is 2. The average Bonchev–Trinajstić information content (AvgIpc) is 3.02. The van der Waals surface area contributed by atoms with Gasteiger partial charge in [0.15, 0.2) is 0 Å². The molecule has 10 nitrogen and oxygen atoms in total. The van der Waals surface area contributed by atoms with Crippen LogP contribution in [0.5, 0.6) is 0 Å². The number of hydrogen-bond donors (Lipinski definition) is 3. The van der Waals surface area contributed by atoms with E-state index in [9.17, 15) is 19.7 Å². The van der Waals surface area contributed by atoms with Crippen molar-refractivity contribution in [1.82, 2.24) is 10.6 Å². The van der Waals surface area contributed by atoms with Gasteiger partial charge in [-0.05, 0) is 56.8 Å². The van der Waals surface area contributed by atoms with Gasteiger partial charge in [0.1, 0.15) is 11.9 Å². The maximum atomic E-state index is 14.3. The van der Waals surface area contributed by atoms with Crippen LogP contribution in [0.1, 0.15) is 62.1 Å². The molecule has 3 unspecified atom stereocenters. The second-order valence-corrected chi connectivity index (χ2v) is 11.6. The zero-order valence-corrected chi connectivity index (χ0v) is 25.6. The van der Waals surface area contributed by atoms with Crippen molar-refractivity contribution in [3.63, 3.8) is 0 Å². The highest BCUT2D eigenvalue weighted by Crippen LogP contribution is 2.41. The van der Waals surface area contributed by atoms with Crippen LogP contribution in [0.3, 0.4) is 0 Å². The summed E-state index contributed by atoms with van der Waals surface area (Å²) < 4.78 is 11.9. The first-order valence-electron chi connectivity index (χ1n) is 15.1. The third-order valence-electron chi connectivity index (χ3n) is 8.17. The van der Waals surface area contributed by atoms with Gasteiger partial charge in [0, 0.05) is 23.7 Å². The SMILES string of the molecule is CC1=C(C(=O)OC(C)C)C(c2cccc([N+](=O)[O-])c2)C(C(=O)OC2CCCNC2C(c2ccccc2)c2ccccc2)=C(N)N1. The molecule has 0 aromatic heterocycles. The van der Waals surface area contributed by atoms with Gasteiger partial charge in [-0.25, -0.2) is 9.59 Å². The van der Waals surface area contributed by atoms with Crippen LogP contribution in [-0.4, -0.2) is 41.7 Å². The number of carbonyl (C=O) groups is 2. The van der Waals surface area contributed by atoms with Crippen LogP contribution in [0.2, 0.25) is 0 Å². The summed E-state index contributed by atoms with van der Waals surface area (Å²) in [5.41, 5.74) is 9.31. The first-order valence-corrected chi connectivity index (χ1v) is 15.1. The van der Waals surface area contributed by atoms with Crippen molar-refractivity contribution in [3.05, 3.63) is 134 Å². The van der Waals surface area contributed by atoms with Gasteiger partial charge in [0.25, 0.3) is 5.69 Å². The van der Waals surface area contributed by atoms with Gasteiger partial charge in [0.2, 0.25) is 0 Å². The topological polar surface area (TPSA) is 146 Å². The Morgan fingerprint density at radius 2 is 1.58 bits per heavy atom. The number of hydrogen-bond acceptors (Lipinski definition) is 9. The molecule has 2 heterocycles. The van der Waals surface area contributed by atoms with Crippen LogP contribution in [0.4, 0.5) is 5.69 Å². The highest BCUT2D eigenvalue weighted by molar-refractivity contribution is 6.00. The predicted octanol–water partition coefficient (Wildman–Crippen LogP) is 5.17. The molecule has 1 saturated heterocycles. The summed E-state index contributed by atoms with van der Waals surface area (Å²) in [6, 6.07) is 25.7. The fourth-order valence-corrected chi connectivity index (χ4v) is 6.26. The van der Waals surface area contributed by atoms with Crippen molar-refractivity contribution in [2.75, 3.05) is 6.54 Å². The molecule has 3 aromatic carbocycles. The van der Waals surface area contributed by atoms with Gasteiger partial charge in [-0.3, -0.25) is 10.1 Å². The molecule has 4 N–H and O–H groups in total. The average molecular weight is 611 g/mol. The number of piperidine rings is 1. The first-order chi connectivity index (χ1) is 21.7. The van der Waals surface area contributed by atoms with E-state index >= 15 is 0 Å². The van der Waals surface area contributed by atoms with Crippen molar-refractivity contribution in [3.8, 4) is 0 Å². The Balaban J connectivity index is 1.54. The lowest BCUT2D eigenvalue weighted by Gasteiger charge is -2.39. The normalized spacial score (nSPS) is 20.2. The number of nitro benzene ring substituents is 1. The Labute approximate surface area is 262 Å². The lowest BCUT2D eigenvalue weighted by molar-refractivity contribution is -0.384. The molecule has 0 bridgehead atoms. The zero-order valence-electron chi connectivity index (χ0n) is 25.6. The number of allylic oxidation sites excluding steroid dienone is 1. The first kappa shape index (κ1) is 31.5. The molecular weight excluding hydrogens is 572 g/mol. The molecule has 0 radical (unpaired) electrons. The molecule has 1 fully saturated rings. The number of carbonyl (C=O) groups excluding carboxylic acids is 2. The summed E-state index contributed by atoms with van der Waals surface area (Å²) in [6.45, 7) is 5.85. The number of nitrogens with one attached hydrogen (secondary N) is 2. The van der Waals surface area contributed by atoms with Gasteiger partial charge < -0.3 is 25.8 Å². The van der Waals surface area contributed by atoms with Crippen LogP contribution < -0.4 is 16.4 Å². The number of nitrogens with zero attached hydrogens (tertiary/aromatic N) is 1. The van der Waals surface area contributed by atoms with Crippen molar-refractivity contribution < 1.29 is 24.0 Å².